The largest absolute Gasteiger partial charge is 0.383 e. The predicted molar refractivity (Wildman–Crippen MR) is 62.3 cm³/mol. The highest BCUT2D eigenvalue weighted by Crippen LogP contribution is 2.24. The lowest BCUT2D eigenvalue weighted by atomic mass is 10.1. The summed E-state index contributed by atoms with van der Waals surface area (Å²) in [6.45, 7) is 6.99. The van der Waals surface area contributed by atoms with Crippen molar-refractivity contribution < 1.29 is 14.0 Å². The maximum absolute atomic E-state index is 5.81. The van der Waals surface area contributed by atoms with Gasteiger partial charge in [0.25, 0.3) is 0 Å². The molecule has 0 fully saturated rings. The summed E-state index contributed by atoms with van der Waals surface area (Å²) in [7, 11) is 1.58. The molecule has 2 N–H and O–H groups in total. The first-order valence-corrected chi connectivity index (χ1v) is 5.79. The number of ether oxygens (including phenoxy) is 2. The maximum Gasteiger partial charge on any atom is 0.246 e. The minimum atomic E-state index is -0.393. The van der Waals surface area contributed by atoms with E-state index in [1.807, 2.05) is 20.8 Å². The van der Waals surface area contributed by atoms with Gasteiger partial charge in [0.1, 0.15) is 12.1 Å². The fraction of sp³-hybridized carbons (Fsp3) is 0.818. The van der Waals surface area contributed by atoms with Crippen LogP contribution in [0, 0.1) is 5.92 Å². The van der Waals surface area contributed by atoms with Crippen LogP contribution in [0.2, 0.25) is 0 Å². The van der Waals surface area contributed by atoms with Gasteiger partial charge in [-0.1, -0.05) is 19.0 Å². The Hall–Kier alpha value is -0.980. The lowest BCUT2D eigenvalue weighted by molar-refractivity contribution is 0.0217. The van der Waals surface area contributed by atoms with Gasteiger partial charge in [-0.15, -0.1) is 0 Å². The molecule has 6 nitrogen and oxygen atoms in total. The van der Waals surface area contributed by atoms with Crippen LogP contribution in [0.25, 0.3) is 0 Å². The summed E-state index contributed by atoms with van der Waals surface area (Å²) in [6, 6.07) is -0.393. The van der Waals surface area contributed by atoms with Crippen molar-refractivity contribution in [3.63, 3.8) is 0 Å². The number of nitrogens with two attached hydrogens (primary N) is 1. The predicted octanol–water partition coefficient (Wildman–Crippen LogP) is 1.45. The van der Waals surface area contributed by atoms with Gasteiger partial charge in [-0.3, -0.25) is 0 Å². The molecule has 2 unspecified atom stereocenters. The topological polar surface area (TPSA) is 83.4 Å². The van der Waals surface area contributed by atoms with Gasteiger partial charge in [-0.05, 0) is 12.8 Å². The molecular formula is C11H21N3O3. The second-order valence-corrected chi connectivity index (χ2v) is 4.17. The molecule has 2 atom stereocenters. The molecule has 0 radical (unpaired) electrons. The molecule has 1 aromatic heterocycles. The third-order valence-corrected chi connectivity index (χ3v) is 2.33. The van der Waals surface area contributed by atoms with Crippen LogP contribution >= 0.6 is 0 Å². The van der Waals surface area contributed by atoms with Gasteiger partial charge < -0.3 is 19.7 Å². The summed E-state index contributed by atoms with van der Waals surface area (Å²) in [5, 5.41) is 3.91. The van der Waals surface area contributed by atoms with Crippen molar-refractivity contribution in [2.45, 2.75) is 32.9 Å². The number of hydrogen-bond acceptors (Lipinski definition) is 6. The second kappa shape index (κ2) is 6.68. The highest BCUT2D eigenvalue weighted by molar-refractivity contribution is 4.96. The average molecular weight is 243 g/mol. The Bertz CT molecular complexity index is 328. The van der Waals surface area contributed by atoms with E-state index in [9.17, 15) is 0 Å². The Morgan fingerprint density at radius 1 is 1.41 bits per heavy atom. The van der Waals surface area contributed by atoms with E-state index in [4.69, 9.17) is 19.7 Å². The molecule has 17 heavy (non-hydrogen) atoms. The van der Waals surface area contributed by atoms with E-state index in [-0.39, 0.29) is 12.0 Å². The van der Waals surface area contributed by atoms with Gasteiger partial charge in [-0.2, -0.15) is 4.98 Å². The Balaban J connectivity index is 2.77. The zero-order valence-corrected chi connectivity index (χ0v) is 10.8. The van der Waals surface area contributed by atoms with Crippen molar-refractivity contribution in [1.82, 2.24) is 10.1 Å². The molecule has 0 saturated carbocycles. The van der Waals surface area contributed by atoms with E-state index in [1.165, 1.54) is 0 Å². The fourth-order valence-electron chi connectivity index (χ4n) is 1.51. The van der Waals surface area contributed by atoms with E-state index >= 15 is 0 Å². The van der Waals surface area contributed by atoms with Crippen LogP contribution in [-0.4, -0.2) is 30.5 Å². The fourth-order valence-corrected chi connectivity index (χ4v) is 1.51. The lowest BCUT2D eigenvalue weighted by Crippen LogP contribution is -2.17. The van der Waals surface area contributed by atoms with Crippen molar-refractivity contribution in [2.24, 2.45) is 11.7 Å². The molecule has 1 rings (SSSR count). The van der Waals surface area contributed by atoms with Crippen molar-refractivity contribution in [1.29, 1.82) is 0 Å². The zero-order chi connectivity index (χ0) is 12.8. The molecule has 1 heterocycles. The Morgan fingerprint density at radius 3 is 2.65 bits per heavy atom. The van der Waals surface area contributed by atoms with Crippen molar-refractivity contribution >= 4 is 0 Å². The normalized spacial score (nSPS) is 15.2. The van der Waals surface area contributed by atoms with E-state index in [1.54, 1.807) is 7.11 Å². The molecule has 0 spiro atoms. The summed E-state index contributed by atoms with van der Waals surface area (Å²) in [5.74, 6) is 1.20. The molecule has 0 aliphatic carbocycles. The average Bonchev–Trinajstić information content (AvgIpc) is 2.74. The monoisotopic (exact) mass is 243 g/mol. The Morgan fingerprint density at radius 2 is 2.12 bits per heavy atom. The standard InChI is InChI=1S/C11H21N3O3/c1-5-16-9(7(2)3)10-13-11(17-14-10)8(12)6-15-4/h7-9H,5-6,12H2,1-4H3. The van der Waals surface area contributed by atoms with Crippen LogP contribution < -0.4 is 5.73 Å². The number of nitrogens with zero attached hydrogens (tertiary/aromatic N) is 2. The van der Waals surface area contributed by atoms with E-state index in [2.05, 4.69) is 10.1 Å². The van der Waals surface area contributed by atoms with E-state index in [0.717, 1.165) is 0 Å². The van der Waals surface area contributed by atoms with Gasteiger partial charge >= 0.3 is 0 Å². The van der Waals surface area contributed by atoms with Gasteiger partial charge in [0.15, 0.2) is 0 Å². The van der Waals surface area contributed by atoms with E-state index in [0.29, 0.717) is 24.9 Å². The molecule has 0 bridgehead atoms. The number of hydrogen-bond donors (Lipinski definition) is 1. The molecule has 0 aromatic carbocycles. The summed E-state index contributed by atoms with van der Waals surface area (Å²) < 4.78 is 15.6. The molecule has 0 amide bonds. The molecule has 1 aromatic rings. The van der Waals surface area contributed by atoms with Crippen LogP contribution in [-0.2, 0) is 9.47 Å². The first-order valence-electron chi connectivity index (χ1n) is 5.79. The minimum absolute atomic E-state index is 0.160. The molecule has 0 aliphatic rings. The molecular weight excluding hydrogens is 222 g/mol. The molecule has 98 valence electrons. The first-order chi connectivity index (χ1) is 8.10. The summed E-state index contributed by atoms with van der Waals surface area (Å²) in [5.41, 5.74) is 5.81. The van der Waals surface area contributed by atoms with Gasteiger partial charge in [-0.25, -0.2) is 0 Å². The lowest BCUT2D eigenvalue weighted by Gasteiger charge is -2.16. The van der Waals surface area contributed by atoms with Crippen molar-refractivity contribution in [2.75, 3.05) is 20.3 Å². The van der Waals surface area contributed by atoms with Crippen LogP contribution in [0.1, 0.15) is 44.6 Å². The number of rotatable bonds is 7. The minimum Gasteiger partial charge on any atom is -0.383 e. The first kappa shape index (κ1) is 14.1. The highest BCUT2D eigenvalue weighted by Gasteiger charge is 2.23. The summed E-state index contributed by atoms with van der Waals surface area (Å²) >= 11 is 0. The van der Waals surface area contributed by atoms with Crippen LogP contribution in [0.4, 0.5) is 0 Å². The van der Waals surface area contributed by atoms with Gasteiger partial charge in [0, 0.05) is 13.7 Å². The number of methoxy groups -OCH3 is 1. The molecule has 0 saturated heterocycles. The quantitative estimate of drug-likeness (QED) is 0.780. The van der Waals surface area contributed by atoms with Crippen molar-refractivity contribution in [3.8, 4) is 0 Å². The Labute approximate surface area is 101 Å². The smallest absolute Gasteiger partial charge is 0.246 e. The van der Waals surface area contributed by atoms with E-state index < -0.39 is 6.04 Å². The third-order valence-electron chi connectivity index (χ3n) is 2.33. The second-order valence-electron chi connectivity index (χ2n) is 4.17. The SMILES string of the molecule is CCOC(c1noc(C(N)COC)n1)C(C)C. The van der Waals surface area contributed by atoms with Crippen LogP contribution in [0.5, 0.6) is 0 Å². The van der Waals surface area contributed by atoms with Crippen LogP contribution in [0.3, 0.4) is 0 Å². The molecule has 6 heteroatoms. The molecule has 0 aliphatic heterocycles. The Kier molecular flexibility index (Phi) is 5.54. The summed E-state index contributed by atoms with van der Waals surface area (Å²) in [6.07, 6.45) is -0.160. The highest BCUT2D eigenvalue weighted by atomic mass is 16.5. The maximum atomic E-state index is 5.81. The number of aromatic nitrogens is 2. The van der Waals surface area contributed by atoms with Crippen molar-refractivity contribution in [3.05, 3.63) is 11.7 Å². The van der Waals surface area contributed by atoms with Gasteiger partial charge in [0.2, 0.25) is 11.7 Å². The summed E-state index contributed by atoms with van der Waals surface area (Å²) in [4.78, 5) is 4.26. The zero-order valence-electron chi connectivity index (χ0n) is 10.8. The third kappa shape index (κ3) is 3.76. The van der Waals surface area contributed by atoms with Crippen LogP contribution in [0.15, 0.2) is 4.52 Å². The van der Waals surface area contributed by atoms with Gasteiger partial charge in [0.05, 0.1) is 6.61 Å².